The smallest absolute Gasteiger partial charge is 0.303 e. The lowest BCUT2D eigenvalue weighted by Gasteiger charge is -2.02. The predicted octanol–water partition coefficient (Wildman–Crippen LogP) is 11.8. The van der Waals surface area contributed by atoms with E-state index in [1.54, 1.807) is 0 Å². The van der Waals surface area contributed by atoms with Crippen LogP contribution in [0.15, 0.2) is 12.7 Å². The van der Waals surface area contributed by atoms with Gasteiger partial charge >= 0.3 is 5.97 Å². The molecule has 0 rings (SSSR count). The number of allylic oxidation sites excluding steroid dienone is 1. The highest BCUT2D eigenvalue weighted by molar-refractivity contribution is 5.66. The van der Waals surface area contributed by atoms with Gasteiger partial charge in [0, 0.05) is 6.42 Å². The summed E-state index contributed by atoms with van der Waals surface area (Å²) in [6, 6.07) is 0. The van der Waals surface area contributed by atoms with Crippen LogP contribution in [0.5, 0.6) is 0 Å². The van der Waals surface area contributed by atoms with E-state index in [0.29, 0.717) is 6.42 Å². The van der Waals surface area contributed by atoms with E-state index in [4.69, 9.17) is 5.11 Å². The molecule has 0 saturated carbocycles. The second-order valence-corrected chi connectivity index (χ2v) is 10.4. The number of rotatable bonds is 27. The molecule has 1 N–H and O–H groups in total. The topological polar surface area (TPSA) is 37.3 Å². The standard InChI is InChI=1S/C16H32O2.C16H32/c1-2-3-4-5-6-7-8-9-10-11-12-13-14-15-16(17)18;1-3-5-7-9-11-13-15-16-14-12-10-8-6-4-2/h2-15H2,1H3,(H,17,18);3H,1,4-16H2,2H3. The monoisotopic (exact) mass is 480 g/mol. The molecule has 0 aromatic carbocycles. The maximum atomic E-state index is 10.3. The lowest BCUT2D eigenvalue weighted by Crippen LogP contribution is -1.93. The number of carboxylic acid groups (broad SMARTS) is 1. The van der Waals surface area contributed by atoms with E-state index >= 15 is 0 Å². The molecule has 0 unspecified atom stereocenters. The van der Waals surface area contributed by atoms with E-state index in [1.807, 2.05) is 6.08 Å². The number of hydrogen-bond acceptors (Lipinski definition) is 1. The molecule has 0 aliphatic carbocycles. The number of unbranched alkanes of at least 4 members (excludes halogenated alkanes) is 24. The Hall–Kier alpha value is -0.790. The van der Waals surface area contributed by atoms with E-state index in [1.165, 1.54) is 154 Å². The minimum absolute atomic E-state index is 0.345. The van der Waals surface area contributed by atoms with Crippen LogP contribution in [0, 0.1) is 0 Å². The summed E-state index contributed by atoms with van der Waals surface area (Å²) in [5.41, 5.74) is 0. The Morgan fingerprint density at radius 3 is 1.03 bits per heavy atom. The summed E-state index contributed by atoms with van der Waals surface area (Å²) >= 11 is 0. The molecular weight excluding hydrogens is 416 g/mol. The van der Waals surface area contributed by atoms with Crippen molar-refractivity contribution < 1.29 is 9.90 Å². The molecule has 204 valence electrons. The summed E-state index contributed by atoms with van der Waals surface area (Å²) in [6.45, 7) is 8.29. The second-order valence-electron chi connectivity index (χ2n) is 10.4. The molecule has 0 fully saturated rings. The van der Waals surface area contributed by atoms with Crippen molar-refractivity contribution in [1.29, 1.82) is 0 Å². The lowest BCUT2D eigenvalue weighted by atomic mass is 10.0. The quantitative estimate of drug-likeness (QED) is 0.0937. The minimum atomic E-state index is -0.655. The molecule has 0 bridgehead atoms. The second kappa shape index (κ2) is 34.4. The summed E-state index contributed by atoms with van der Waals surface area (Å²) in [7, 11) is 0. The summed E-state index contributed by atoms with van der Waals surface area (Å²) in [4.78, 5) is 10.3. The highest BCUT2D eigenvalue weighted by Gasteiger charge is 1.97. The van der Waals surface area contributed by atoms with Crippen LogP contribution in [0.3, 0.4) is 0 Å². The molecule has 0 spiro atoms. The largest absolute Gasteiger partial charge is 0.481 e. The highest BCUT2D eigenvalue weighted by atomic mass is 16.4. The Morgan fingerprint density at radius 1 is 0.500 bits per heavy atom. The van der Waals surface area contributed by atoms with E-state index in [0.717, 1.165) is 12.8 Å². The molecule has 0 atom stereocenters. The van der Waals surface area contributed by atoms with Gasteiger partial charge in [-0.25, -0.2) is 0 Å². The van der Waals surface area contributed by atoms with Crippen molar-refractivity contribution in [3.8, 4) is 0 Å². The Morgan fingerprint density at radius 2 is 0.765 bits per heavy atom. The number of carbonyl (C=O) groups is 1. The average Bonchev–Trinajstić information content (AvgIpc) is 2.83. The first-order valence-corrected chi connectivity index (χ1v) is 15.5. The summed E-state index contributed by atoms with van der Waals surface area (Å²) < 4.78 is 0. The molecule has 2 nitrogen and oxygen atoms in total. The first-order chi connectivity index (χ1) is 16.7. The van der Waals surface area contributed by atoms with Crippen LogP contribution in [0.4, 0.5) is 0 Å². The SMILES string of the molecule is C=CCCCCCCCCCCCCCC.CCCCCCCCCCCCCCCC(=O)O. The molecular formula is C32H64O2. The highest BCUT2D eigenvalue weighted by Crippen LogP contribution is 2.13. The summed E-state index contributed by atoms with van der Waals surface area (Å²) in [6.07, 6.45) is 37.7. The van der Waals surface area contributed by atoms with Crippen molar-refractivity contribution in [1.82, 2.24) is 0 Å². The van der Waals surface area contributed by atoms with Crippen molar-refractivity contribution in [3.05, 3.63) is 12.7 Å². The Bertz CT molecular complexity index is 377. The molecule has 0 aliphatic heterocycles. The fourth-order valence-electron chi connectivity index (χ4n) is 4.42. The van der Waals surface area contributed by atoms with Gasteiger partial charge in [-0.1, -0.05) is 168 Å². The maximum Gasteiger partial charge on any atom is 0.303 e. The normalized spacial score (nSPS) is 10.6. The van der Waals surface area contributed by atoms with Crippen molar-refractivity contribution in [3.63, 3.8) is 0 Å². The number of aliphatic carboxylic acids is 1. The number of carboxylic acids is 1. The van der Waals surface area contributed by atoms with Crippen LogP contribution in [0.1, 0.15) is 187 Å². The zero-order chi connectivity index (χ0) is 25.4. The van der Waals surface area contributed by atoms with Gasteiger partial charge in [-0.05, 0) is 19.3 Å². The fraction of sp³-hybridized carbons (Fsp3) is 0.906. The first-order valence-electron chi connectivity index (χ1n) is 15.5. The summed E-state index contributed by atoms with van der Waals surface area (Å²) in [5, 5.41) is 8.49. The Kier molecular flexibility index (Phi) is 35.8. The molecule has 34 heavy (non-hydrogen) atoms. The Labute approximate surface area is 215 Å². The molecule has 0 amide bonds. The third-order valence-corrected chi connectivity index (χ3v) is 6.76. The van der Waals surface area contributed by atoms with E-state index in [9.17, 15) is 4.79 Å². The first kappa shape index (κ1) is 35.4. The zero-order valence-electron chi connectivity index (χ0n) is 23.7. The van der Waals surface area contributed by atoms with Gasteiger partial charge in [0.25, 0.3) is 0 Å². The van der Waals surface area contributed by atoms with E-state index in [2.05, 4.69) is 20.4 Å². The van der Waals surface area contributed by atoms with Gasteiger partial charge in [0.05, 0.1) is 0 Å². The third-order valence-electron chi connectivity index (χ3n) is 6.76. The van der Waals surface area contributed by atoms with Crippen molar-refractivity contribution in [2.75, 3.05) is 0 Å². The third kappa shape index (κ3) is 38.5. The van der Waals surface area contributed by atoms with Gasteiger partial charge in [-0.15, -0.1) is 6.58 Å². The van der Waals surface area contributed by atoms with Gasteiger partial charge in [0.15, 0.2) is 0 Å². The lowest BCUT2D eigenvalue weighted by molar-refractivity contribution is -0.137. The van der Waals surface area contributed by atoms with E-state index < -0.39 is 5.97 Å². The Balaban J connectivity index is 0. The minimum Gasteiger partial charge on any atom is -0.481 e. The molecule has 0 aromatic heterocycles. The predicted molar refractivity (Wildman–Crippen MR) is 154 cm³/mol. The molecule has 0 aliphatic rings. The van der Waals surface area contributed by atoms with Crippen LogP contribution >= 0.6 is 0 Å². The summed E-state index contributed by atoms with van der Waals surface area (Å²) in [5.74, 6) is -0.655. The molecule has 0 aromatic rings. The van der Waals surface area contributed by atoms with E-state index in [-0.39, 0.29) is 0 Å². The number of hydrogen-bond donors (Lipinski definition) is 1. The van der Waals surface area contributed by atoms with Gasteiger partial charge in [-0.2, -0.15) is 0 Å². The molecule has 0 radical (unpaired) electrons. The van der Waals surface area contributed by atoms with Gasteiger partial charge in [0.1, 0.15) is 0 Å². The average molecular weight is 481 g/mol. The van der Waals surface area contributed by atoms with Crippen molar-refractivity contribution >= 4 is 5.97 Å². The molecule has 0 heterocycles. The van der Waals surface area contributed by atoms with Crippen molar-refractivity contribution in [2.24, 2.45) is 0 Å². The zero-order valence-corrected chi connectivity index (χ0v) is 23.7. The van der Waals surface area contributed by atoms with Gasteiger partial charge in [0.2, 0.25) is 0 Å². The van der Waals surface area contributed by atoms with Gasteiger partial charge in [-0.3, -0.25) is 4.79 Å². The molecule has 0 saturated heterocycles. The van der Waals surface area contributed by atoms with Crippen LogP contribution in [0.2, 0.25) is 0 Å². The van der Waals surface area contributed by atoms with Crippen LogP contribution in [-0.4, -0.2) is 11.1 Å². The van der Waals surface area contributed by atoms with Crippen LogP contribution < -0.4 is 0 Å². The fourth-order valence-corrected chi connectivity index (χ4v) is 4.42. The van der Waals surface area contributed by atoms with Crippen molar-refractivity contribution in [2.45, 2.75) is 187 Å². The van der Waals surface area contributed by atoms with Crippen LogP contribution in [-0.2, 0) is 4.79 Å². The maximum absolute atomic E-state index is 10.3. The van der Waals surface area contributed by atoms with Crippen LogP contribution in [0.25, 0.3) is 0 Å². The van der Waals surface area contributed by atoms with Gasteiger partial charge < -0.3 is 5.11 Å². The molecule has 2 heteroatoms.